The zero-order valence-electron chi connectivity index (χ0n) is 16.2. The second-order valence-electron chi connectivity index (χ2n) is 7.17. The van der Waals surface area contributed by atoms with Gasteiger partial charge in [0.25, 0.3) is 0 Å². The third-order valence-corrected chi connectivity index (χ3v) is 7.04. The Hall–Kier alpha value is -1.90. The molecule has 1 saturated heterocycles. The molecule has 0 spiro atoms. The Kier molecular flexibility index (Phi) is 6.12. The first-order valence-corrected chi connectivity index (χ1v) is 11.0. The molecular weight excluding hydrogens is 402 g/mol. The van der Waals surface area contributed by atoms with Crippen LogP contribution < -0.4 is 4.72 Å². The van der Waals surface area contributed by atoms with E-state index in [4.69, 9.17) is 16.1 Å². The molecule has 1 aromatic heterocycles. The van der Waals surface area contributed by atoms with Gasteiger partial charge in [0, 0.05) is 29.6 Å². The van der Waals surface area contributed by atoms with E-state index in [1.807, 2.05) is 20.8 Å². The predicted molar refractivity (Wildman–Crippen MR) is 106 cm³/mol. The van der Waals surface area contributed by atoms with Crippen molar-refractivity contribution in [2.75, 3.05) is 6.54 Å². The highest BCUT2D eigenvalue weighted by Gasteiger charge is 2.27. The van der Waals surface area contributed by atoms with E-state index in [9.17, 15) is 13.2 Å². The monoisotopic (exact) mass is 425 g/mol. The number of sulfonamides is 1. The molecule has 1 atom stereocenters. The van der Waals surface area contributed by atoms with E-state index in [1.54, 1.807) is 11.0 Å². The molecule has 1 amide bonds. The second-order valence-corrected chi connectivity index (χ2v) is 9.30. The smallest absolute Gasteiger partial charge is 0.240 e. The van der Waals surface area contributed by atoms with Crippen LogP contribution in [-0.2, 0) is 21.4 Å². The zero-order chi connectivity index (χ0) is 20.5. The topological polar surface area (TPSA) is 92.5 Å². The summed E-state index contributed by atoms with van der Waals surface area (Å²) in [5, 5.41) is 4.33. The average Bonchev–Trinajstić information content (AvgIpc) is 2.85. The number of aromatic nitrogens is 1. The molecule has 2 aromatic rings. The largest absolute Gasteiger partial charge is 0.361 e. The number of nitrogens with one attached hydrogen (secondary N) is 1. The molecule has 3 rings (SSSR count). The first-order chi connectivity index (χ1) is 13.2. The van der Waals surface area contributed by atoms with E-state index < -0.39 is 10.0 Å². The summed E-state index contributed by atoms with van der Waals surface area (Å²) in [6.45, 7) is 6.37. The number of carbonyl (C=O) groups excluding carboxylic acids is 1. The van der Waals surface area contributed by atoms with Gasteiger partial charge in [0.15, 0.2) is 0 Å². The van der Waals surface area contributed by atoms with Crippen molar-refractivity contribution in [2.24, 2.45) is 0 Å². The van der Waals surface area contributed by atoms with Crippen LogP contribution in [0.5, 0.6) is 0 Å². The van der Waals surface area contributed by atoms with Crippen LogP contribution in [0.4, 0.5) is 0 Å². The number of hydrogen-bond acceptors (Lipinski definition) is 5. The van der Waals surface area contributed by atoms with Gasteiger partial charge in [0.05, 0.1) is 17.1 Å². The molecule has 152 valence electrons. The predicted octanol–water partition coefficient (Wildman–Crippen LogP) is 3.11. The van der Waals surface area contributed by atoms with Crippen molar-refractivity contribution in [3.8, 4) is 0 Å². The molecule has 1 fully saturated rings. The lowest BCUT2D eigenvalue weighted by Crippen LogP contribution is -2.36. The van der Waals surface area contributed by atoms with Crippen LogP contribution >= 0.6 is 11.6 Å². The molecule has 28 heavy (non-hydrogen) atoms. The minimum Gasteiger partial charge on any atom is -0.361 e. The summed E-state index contributed by atoms with van der Waals surface area (Å²) >= 11 is 6.06. The van der Waals surface area contributed by atoms with Crippen LogP contribution in [0.3, 0.4) is 0 Å². The van der Waals surface area contributed by atoms with Crippen LogP contribution in [0.15, 0.2) is 27.6 Å². The van der Waals surface area contributed by atoms with Gasteiger partial charge in [0.2, 0.25) is 15.9 Å². The number of benzene rings is 1. The summed E-state index contributed by atoms with van der Waals surface area (Å²) in [7, 11) is -3.70. The summed E-state index contributed by atoms with van der Waals surface area (Å²) < 4.78 is 33.3. The molecule has 1 aromatic carbocycles. The number of amides is 1. The Balaban J connectivity index is 1.69. The zero-order valence-corrected chi connectivity index (χ0v) is 17.7. The number of nitrogens with zero attached hydrogens (tertiary/aromatic N) is 2. The van der Waals surface area contributed by atoms with Crippen molar-refractivity contribution in [1.82, 2.24) is 14.8 Å². The van der Waals surface area contributed by atoms with Gasteiger partial charge in [-0.25, -0.2) is 13.1 Å². The Bertz CT molecular complexity index is 968. The van der Waals surface area contributed by atoms with E-state index in [2.05, 4.69) is 9.88 Å². The van der Waals surface area contributed by atoms with Gasteiger partial charge in [-0.3, -0.25) is 4.79 Å². The van der Waals surface area contributed by atoms with Crippen molar-refractivity contribution in [3.05, 3.63) is 45.8 Å². The van der Waals surface area contributed by atoms with Crippen molar-refractivity contribution in [2.45, 2.75) is 57.5 Å². The number of aryl methyl sites for hydroxylation is 3. The molecule has 1 aliphatic heterocycles. The molecule has 1 N–H and O–H groups in total. The fraction of sp³-hybridized carbons (Fsp3) is 0.474. The van der Waals surface area contributed by atoms with Crippen molar-refractivity contribution < 1.29 is 17.7 Å². The Labute approximate surface area is 170 Å². The lowest BCUT2D eigenvalue weighted by atomic mass is 10.1. The van der Waals surface area contributed by atoms with Crippen molar-refractivity contribution in [3.63, 3.8) is 0 Å². The molecule has 2 heterocycles. The van der Waals surface area contributed by atoms with Gasteiger partial charge in [-0.05, 0) is 51.3 Å². The minimum absolute atomic E-state index is 0.0000725. The van der Waals surface area contributed by atoms with E-state index in [0.29, 0.717) is 36.7 Å². The normalized spacial score (nSPS) is 18.4. The molecule has 0 saturated carbocycles. The van der Waals surface area contributed by atoms with Crippen LogP contribution in [0.2, 0.25) is 5.02 Å². The number of hydrogen-bond donors (Lipinski definition) is 1. The van der Waals surface area contributed by atoms with Gasteiger partial charge < -0.3 is 9.42 Å². The van der Waals surface area contributed by atoms with E-state index in [0.717, 1.165) is 16.8 Å². The lowest BCUT2D eigenvalue weighted by molar-refractivity contribution is -0.131. The van der Waals surface area contributed by atoms with E-state index in [1.165, 1.54) is 12.1 Å². The second kappa shape index (κ2) is 8.23. The maximum Gasteiger partial charge on any atom is 0.240 e. The number of halogens is 1. The third kappa shape index (κ3) is 4.56. The Morgan fingerprint density at radius 3 is 2.68 bits per heavy atom. The third-order valence-electron chi connectivity index (χ3n) is 5.11. The number of likely N-dealkylation sites (tertiary alicyclic amines) is 1. The molecule has 9 heteroatoms. The molecule has 0 radical (unpaired) electrons. The van der Waals surface area contributed by atoms with Gasteiger partial charge in [0.1, 0.15) is 5.76 Å². The molecule has 0 aliphatic carbocycles. The highest BCUT2D eigenvalue weighted by molar-refractivity contribution is 7.89. The summed E-state index contributed by atoms with van der Waals surface area (Å²) in [5.41, 5.74) is 2.49. The van der Waals surface area contributed by atoms with E-state index >= 15 is 0 Å². The van der Waals surface area contributed by atoms with Crippen LogP contribution in [0.1, 0.15) is 41.8 Å². The molecule has 7 nitrogen and oxygen atoms in total. The fourth-order valence-corrected chi connectivity index (χ4v) is 4.84. The Morgan fingerprint density at radius 2 is 2.04 bits per heavy atom. The molecular formula is C19H24ClN3O4S. The molecule has 0 bridgehead atoms. The lowest BCUT2D eigenvalue weighted by Gasteiger charge is -2.21. The standard InChI is InChI=1S/C19H24ClN3O4S/c1-12-4-6-16(10-18(12)20)28(25,26)22-15-5-7-19(24)23(9-8-15)11-17-13(2)21-27-14(17)3/h4,6,10,15,22H,5,7-9,11H2,1-3H3. The minimum atomic E-state index is -3.70. The summed E-state index contributed by atoms with van der Waals surface area (Å²) in [6.07, 6.45) is 1.27. The van der Waals surface area contributed by atoms with Gasteiger partial charge in [-0.2, -0.15) is 0 Å². The van der Waals surface area contributed by atoms with Crippen LogP contribution in [0.25, 0.3) is 0 Å². The summed E-state index contributed by atoms with van der Waals surface area (Å²) in [6, 6.07) is 4.35. The number of carbonyl (C=O) groups is 1. The van der Waals surface area contributed by atoms with Crippen LogP contribution in [0, 0.1) is 20.8 Å². The fourth-order valence-electron chi connectivity index (χ4n) is 3.27. The average molecular weight is 426 g/mol. The van der Waals surface area contributed by atoms with Crippen molar-refractivity contribution in [1.29, 1.82) is 0 Å². The van der Waals surface area contributed by atoms with E-state index in [-0.39, 0.29) is 23.3 Å². The first-order valence-electron chi connectivity index (χ1n) is 9.15. The molecule has 1 aliphatic rings. The van der Waals surface area contributed by atoms with Gasteiger partial charge in [-0.15, -0.1) is 0 Å². The highest BCUT2D eigenvalue weighted by Crippen LogP contribution is 2.23. The van der Waals surface area contributed by atoms with Gasteiger partial charge in [-0.1, -0.05) is 22.8 Å². The highest BCUT2D eigenvalue weighted by atomic mass is 35.5. The number of rotatable bonds is 5. The molecule has 1 unspecified atom stereocenters. The maximum atomic E-state index is 12.7. The van der Waals surface area contributed by atoms with Crippen molar-refractivity contribution >= 4 is 27.5 Å². The Morgan fingerprint density at radius 1 is 1.29 bits per heavy atom. The maximum absolute atomic E-state index is 12.7. The summed E-state index contributed by atoms with van der Waals surface area (Å²) in [4.78, 5) is 14.4. The summed E-state index contributed by atoms with van der Waals surface area (Å²) in [5.74, 6) is 0.697. The first kappa shape index (κ1) is 20.8. The SMILES string of the molecule is Cc1ccc(S(=O)(=O)NC2CCC(=O)N(Cc3c(C)noc3C)CC2)cc1Cl. The van der Waals surface area contributed by atoms with Gasteiger partial charge >= 0.3 is 0 Å². The van der Waals surface area contributed by atoms with Crippen LogP contribution in [-0.4, -0.2) is 37.0 Å². The quantitative estimate of drug-likeness (QED) is 0.794.